The number of rotatable bonds is 7. The number of fused-ring (bicyclic) bond motifs is 2. The summed E-state index contributed by atoms with van der Waals surface area (Å²) in [4.78, 5) is 34.6. The van der Waals surface area contributed by atoms with Gasteiger partial charge >= 0.3 is 5.97 Å². The maximum atomic E-state index is 13.6. The van der Waals surface area contributed by atoms with Gasteiger partial charge in [-0.3, -0.25) is 4.79 Å². The number of thiophene rings is 1. The topological polar surface area (TPSA) is 93.6 Å². The zero-order chi connectivity index (χ0) is 26.9. The molecule has 1 aliphatic heterocycles. The number of hydrogen-bond donors (Lipinski definition) is 0. The van der Waals surface area contributed by atoms with E-state index < -0.39 is 22.4 Å². The van der Waals surface area contributed by atoms with Crippen molar-refractivity contribution in [1.29, 1.82) is 0 Å². The SMILES string of the molecule is CC[C@@H](C)N(C(=O)COC(=O)c1c2c(nc3ccccc13)/C(=C/c1cccs1)CCC2)[C@@H]1CCS(=O)(=O)C1. The predicted octanol–water partition coefficient (Wildman–Crippen LogP) is 5.14. The monoisotopic (exact) mass is 552 g/mol. The van der Waals surface area contributed by atoms with Gasteiger partial charge in [0.15, 0.2) is 16.4 Å². The first-order valence-corrected chi connectivity index (χ1v) is 15.8. The van der Waals surface area contributed by atoms with Crippen molar-refractivity contribution in [3.05, 3.63) is 63.5 Å². The quantitative estimate of drug-likeness (QED) is 0.377. The molecule has 7 nitrogen and oxygen atoms in total. The van der Waals surface area contributed by atoms with Gasteiger partial charge in [0.05, 0.1) is 28.3 Å². The molecular weight excluding hydrogens is 520 g/mol. The molecule has 0 spiro atoms. The second-order valence-electron chi connectivity index (χ2n) is 10.1. The van der Waals surface area contributed by atoms with Gasteiger partial charge in [-0.2, -0.15) is 0 Å². The van der Waals surface area contributed by atoms with Crippen LogP contribution in [0, 0.1) is 0 Å². The lowest BCUT2D eigenvalue weighted by Crippen LogP contribution is -2.48. The zero-order valence-corrected chi connectivity index (χ0v) is 23.3. The van der Waals surface area contributed by atoms with Crippen LogP contribution < -0.4 is 0 Å². The summed E-state index contributed by atoms with van der Waals surface area (Å²) in [5.74, 6) is -0.874. The Labute approximate surface area is 227 Å². The van der Waals surface area contributed by atoms with Crippen molar-refractivity contribution < 1.29 is 22.7 Å². The fraction of sp³-hybridized carbons (Fsp3) is 0.414. The van der Waals surface area contributed by atoms with Crippen molar-refractivity contribution in [2.24, 2.45) is 0 Å². The number of carbonyl (C=O) groups excluding carboxylic acids is 2. The van der Waals surface area contributed by atoms with Gasteiger partial charge in [-0.25, -0.2) is 18.2 Å². The molecule has 2 aliphatic rings. The molecule has 200 valence electrons. The third-order valence-corrected chi connectivity index (χ3v) is 10.1. The summed E-state index contributed by atoms with van der Waals surface area (Å²) in [6.45, 7) is 3.43. The zero-order valence-electron chi connectivity index (χ0n) is 21.7. The summed E-state index contributed by atoms with van der Waals surface area (Å²) in [5.41, 5.74) is 3.94. The van der Waals surface area contributed by atoms with Crippen LogP contribution in [0.25, 0.3) is 22.6 Å². The number of ether oxygens (including phenoxy) is 1. The lowest BCUT2D eigenvalue weighted by atomic mass is 9.86. The van der Waals surface area contributed by atoms with Crippen molar-refractivity contribution in [2.45, 2.75) is 58.0 Å². The first kappa shape index (κ1) is 26.6. The van der Waals surface area contributed by atoms with E-state index >= 15 is 0 Å². The molecule has 0 radical (unpaired) electrons. The predicted molar refractivity (Wildman–Crippen MR) is 151 cm³/mol. The molecule has 3 aromatic rings. The van der Waals surface area contributed by atoms with Crippen molar-refractivity contribution in [3.63, 3.8) is 0 Å². The van der Waals surface area contributed by atoms with Crippen LogP contribution in [0.1, 0.15) is 66.0 Å². The van der Waals surface area contributed by atoms with Crippen LogP contribution in [-0.2, 0) is 25.8 Å². The second kappa shape index (κ2) is 11.0. The molecule has 1 aliphatic carbocycles. The molecular formula is C29H32N2O5S2. The van der Waals surface area contributed by atoms with E-state index in [1.165, 1.54) is 0 Å². The van der Waals surface area contributed by atoms with E-state index in [0.29, 0.717) is 35.7 Å². The lowest BCUT2D eigenvalue weighted by molar-refractivity contribution is -0.138. The van der Waals surface area contributed by atoms with Crippen LogP contribution >= 0.6 is 11.3 Å². The highest BCUT2D eigenvalue weighted by atomic mass is 32.2. The first-order valence-electron chi connectivity index (χ1n) is 13.1. The molecule has 0 saturated carbocycles. The standard InChI is InChI=1S/C29H32N2O5S2/c1-3-19(2)31(21-13-15-38(34,35)18-21)26(32)17-36-29(33)27-23-10-4-5-12-25(23)30-28-20(8-6-11-24(27)28)16-22-9-7-14-37-22/h4-5,7,9-10,12,14,16,19,21H,3,6,8,11,13,15,17-18H2,1-2H3/b20-16+/t19-,21-/m1/s1. The summed E-state index contributed by atoms with van der Waals surface area (Å²) < 4.78 is 29.8. The maximum absolute atomic E-state index is 13.6. The Balaban J connectivity index is 1.45. The fourth-order valence-corrected chi connectivity index (χ4v) is 7.92. The number of benzene rings is 1. The van der Waals surface area contributed by atoms with Crippen LogP contribution in [-0.4, -0.2) is 60.4 Å². The average molecular weight is 553 g/mol. The Morgan fingerprint density at radius 2 is 2.03 bits per heavy atom. The van der Waals surface area contributed by atoms with Gasteiger partial charge in [0.1, 0.15) is 0 Å². The molecule has 1 fully saturated rings. The van der Waals surface area contributed by atoms with Crippen molar-refractivity contribution in [3.8, 4) is 0 Å². The number of nitrogens with zero attached hydrogens (tertiary/aromatic N) is 2. The molecule has 0 bridgehead atoms. The summed E-state index contributed by atoms with van der Waals surface area (Å²) >= 11 is 1.66. The average Bonchev–Trinajstić information content (AvgIpc) is 3.55. The van der Waals surface area contributed by atoms with E-state index in [1.54, 1.807) is 16.2 Å². The van der Waals surface area contributed by atoms with Gasteiger partial charge in [-0.15, -0.1) is 11.3 Å². The number of esters is 1. The number of allylic oxidation sites excluding steroid dienone is 1. The number of amides is 1. The summed E-state index contributed by atoms with van der Waals surface area (Å²) in [7, 11) is -3.16. The number of aromatic nitrogens is 1. The lowest BCUT2D eigenvalue weighted by Gasteiger charge is -2.33. The Morgan fingerprint density at radius 1 is 1.21 bits per heavy atom. The van der Waals surface area contributed by atoms with Crippen molar-refractivity contribution >= 4 is 55.6 Å². The van der Waals surface area contributed by atoms with Crippen LogP contribution in [0.4, 0.5) is 0 Å². The minimum absolute atomic E-state index is 0.0428. The third kappa shape index (κ3) is 5.40. The molecule has 3 heterocycles. The first-order chi connectivity index (χ1) is 18.3. The normalized spacial score (nSPS) is 20.3. The molecule has 38 heavy (non-hydrogen) atoms. The van der Waals surface area contributed by atoms with Crippen LogP contribution in [0.5, 0.6) is 0 Å². The Bertz CT molecular complexity index is 1490. The fourth-order valence-electron chi connectivity index (χ4n) is 5.53. The number of sulfone groups is 1. The Kier molecular flexibility index (Phi) is 7.68. The Hall–Kier alpha value is -3.04. The number of para-hydroxylation sites is 1. The molecule has 0 N–H and O–H groups in total. The second-order valence-corrected chi connectivity index (χ2v) is 13.3. The van der Waals surface area contributed by atoms with E-state index in [2.05, 4.69) is 12.1 Å². The molecule has 5 rings (SSSR count). The summed E-state index contributed by atoms with van der Waals surface area (Å²) in [5, 5.41) is 2.75. The van der Waals surface area contributed by atoms with E-state index in [1.807, 2.05) is 49.6 Å². The molecule has 1 amide bonds. The maximum Gasteiger partial charge on any atom is 0.339 e. The highest BCUT2D eigenvalue weighted by molar-refractivity contribution is 7.91. The van der Waals surface area contributed by atoms with Crippen molar-refractivity contribution in [1.82, 2.24) is 9.88 Å². The summed E-state index contributed by atoms with van der Waals surface area (Å²) in [6, 6.07) is 11.1. The van der Waals surface area contributed by atoms with Crippen molar-refractivity contribution in [2.75, 3.05) is 18.1 Å². The van der Waals surface area contributed by atoms with Gasteiger partial charge in [0.2, 0.25) is 0 Å². The van der Waals surface area contributed by atoms with E-state index in [4.69, 9.17) is 9.72 Å². The Morgan fingerprint density at radius 3 is 2.74 bits per heavy atom. The van der Waals surface area contributed by atoms with Crippen LogP contribution in [0.3, 0.4) is 0 Å². The number of carbonyl (C=O) groups is 2. The molecule has 2 aromatic heterocycles. The van der Waals surface area contributed by atoms with Crippen LogP contribution in [0.15, 0.2) is 41.8 Å². The van der Waals surface area contributed by atoms with Gasteiger partial charge in [0.25, 0.3) is 5.91 Å². The third-order valence-electron chi connectivity index (χ3n) is 7.52. The molecule has 1 saturated heterocycles. The minimum atomic E-state index is -3.16. The highest BCUT2D eigenvalue weighted by Gasteiger charge is 2.37. The van der Waals surface area contributed by atoms with Gasteiger partial charge in [0, 0.05) is 22.3 Å². The van der Waals surface area contributed by atoms with E-state index in [-0.39, 0.29) is 29.5 Å². The number of pyridine rings is 1. The van der Waals surface area contributed by atoms with Gasteiger partial charge in [-0.05, 0) is 73.8 Å². The van der Waals surface area contributed by atoms with Crippen LogP contribution in [0.2, 0.25) is 0 Å². The highest BCUT2D eigenvalue weighted by Crippen LogP contribution is 2.37. The smallest absolute Gasteiger partial charge is 0.339 e. The molecule has 1 aromatic carbocycles. The number of hydrogen-bond acceptors (Lipinski definition) is 7. The molecule has 2 atom stereocenters. The largest absolute Gasteiger partial charge is 0.452 e. The van der Waals surface area contributed by atoms with Gasteiger partial charge < -0.3 is 9.64 Å². The molecule has 0 unspecified atom stereocenters. The van der Waals surface area contributed by atoms with Gasteiger partial charge in [-0.1, -0.05) is 31.2 Å². The van der Waals surface area contributed by atoms with E-state index in [0.717, 1.165) is 34.5 Å². The van der Waals surface area contributed by atoms with E-state index in [9.17, 15) is 18.0 Å². The minimum Gasteiger partial charge on any atom is -0.452 e. The summed E-state index contributed by atoms with van der Waals surface area (Å²) in [6.07, 6.45) is 5.69. The molecule has 9 heteroatoms.